The monoisotopic (exact) mass is 354 g/mol. The van der Waals surface area contributed by atoms with E-state index in [1.807, 2.05) is 24.3 Å². The summed E-state index contributed by atoms with van der Waals surface area (Å²) in [7, 11) is 1.64. The van der Waals surface area contributed by atoms with Crippen LogP contribution >= 0.6 is 12.4 Å². The molecule has 6 heteroatoms. The topological polar surface area (TPSA) is 73.6 Å². The number of fused-ring (bicyclic) bond motifs is 2. The zero-order chi connectivity index (χ0) is 16.2. The number of benzene rings is 1. The number of nitrogens with two attached hydrogens (primary N) is 1. The molecular weight excluding hydrogens is 328 g/mol. The van der Waals surface area contributed by atoms with Crippen molar-refractivity contribution in [3.63, 3.8) is 0 Å². The van der Waals surface area contributed by atoms with Gasteiger partial charge in [0.1, 0.15) is 11.5 Å². The SMILES string of the molecule is COc1ccc(OCCCNC(=O)C2C3CCC(C3)C2N)cc1.Cl. The van der Waals surface area contributed by atoms with Gasteiger partial charge in [-0.3, -0.25) is 4.79 Å². The Morgan fingerprint density at radius 2 is 1.88 bits per heavy atom. The lowest BCUT2D eigenvalue weighted by Crippen LogP contribution is -2.45. The molecule has 0 radical (unpaired) electrons. The lowest BCUT2D eigenvalue weighted by molar-refractivity contribution is -0.127. The van der Waals surface area contributed by atoms with E-state index in [1.165, 1.54) is 6.42 Å². The molecule has 24 heavy (non-hydrogen) atoms. The van der Waals surface area contributed by atoms with Gasteiger partial charge in [0.25, 0.3) is 0 Å². The average Bonchev–Trinajstić information content (AvgIpc) is 3.16. The summed E-state index contributed by atoms with van der Waals surface area (Å²) in [6.45, 7) is 1.21. The Morgan fingerprint density at radius 3 is 2.50 bits per heavy atom. The summed E-state index contributed by atoms with van der Waals surface area (Å²) in [5, 5.41) is 3.03. The highest BCUT2D eigenvalue weighted by molar-refractivity contribution is 5.85. The van der Waals surface area contributed by atoms with Crippen LogP contribution in [0.3, 0.4) is 0 Å². The van der Waals surface area contributed by atoms with Crippen molar-refractivity contribution in [1.29, 1.82) is 0 Å². The molecule has 2 fully saturated rings. The number of hydrogen-bond acceptors (Lipinski definition) is 4. The van der Waals surface area contributed by atoms with E-state index in [-0.39, 0.29) is 30.3 Å². The standard InChI is InChI=1S/C18H26N2O3.ClH/c1-22-14-5-7-15(8-6-14)23-10-2-9-20-18(21)16-12-3-4-13(11-12)17(16)19;/h5-8,12-13,16-17H,2-4,9-11,19H2,1H3,(H,20,21);1H. The first-order valence-electron chi connectivity index (χ1n) is 8.49. The van der Waals surface area contributed by atoms with Crippen molar-refractivity contribution in [2.45, 2.75) is 31.7 Å². The molecule has 0 aliphatic heterocycles. The molecule has 2 bridgehead atoms. The van der Waals surface area contributed by atoms with E-state index in [2.05, 4.69) is 5.32 Å². The number of ether oxygens (including phenoxy) is 2. The smallest absolute Gasteiger partial charge is 0.224 e. The molecule has 0 saturated heterocycles. The second-order valence-corrected chi connectivity index (χ2v) is 6.60. The van der Waals surface area contributed by atoms with E-state index >= 15 is 0 Å². The molecule has 1 amide bonds. The van der Waals surface area contributed by atoms with Crippen LogP contribution < -0.4 is 20.5 Å². The Hall–Kier alpha value is -1.46. The number of carbonyl (C=O) groups is 1. The van der Waals surface area contributed by atoms with Gasteiger partial charge >= 0.3 is 0 Å². The highest BCUT2D eigenvalue weighted by Gasteiger charge is 2.48. The van der Waals surface area contributed by atoms with E-state index in [9.17, 15) is 4.79 Å². The Morgan fingerprint density at radius 1 is 1.21 bits per heavy atom. The van der Waals surface area contributed by atoms with Crippen LogP contribution in [0.15, 0.2) is 24.3 Å². The largest absolute Gasteiger partial charge is 0.497 e. The molecule has 2 aliphatic carbocycles. The van der Waals surface area contributed by atoms with Crippen LogP contribution in [0.4, 0.5) is 0 Å². The van der Waals surface area contributed by atoms with Crippen LogP contribution in [0.1, 0.15) is 25.7 Å². The van der Waals surface area contributed by atoms with Gasteiger partial charge in [-0.2, -0.15) is 0 Å². The highest BCUT2D eigenvalue weighted by atomic mass is 35.5. The van der Waals surface area contributed by atoms with Crippen molar-refractivity contribution in [2.75, 3.05) is 20.3 Å². The summed E-state index contributed by atoms with van der Waals surface area (Å²) in [4.78, 5) is 12.3. The fraction of sp³-hybridized carbons (Fsp3) is 0.611. The van der Waals surface area contributed by atoms with Crippen LogP contribution in [0, 0.1) is 17.8 Å². The average molecular weight is 355 g/mol. The molecule has 2 aliphatic rings. The van der Waals surface area contributed by atoms with Gasteiger partial charge in [0.2, 0.25) is 5.91 Å². The Bertz CT molecular complexity index is 536. The maximum atomic E-state index is 12.3. The van der Waals surface area contributed by atoms with Gasteiger partial charge in [-0.1, -0.05) is 0 Å². The molecular formula is C18H27ClN2O3. The number of nitrogens with one attached hydrogen (secondary N) is 1. The number of halogens is 1. The van der Waals surface area contributed by atoms with E-state index in [4.69, 9.17) is 15.2 Å². The zero-order valence-electron chi connectivity index (χ0n) is 14.1. The summed E-state index contributed by atoms with van der Waals surface area (Å²) in [6, 6.07) is 7.56. The molecule has 5 nitrogen and oxygen atoms in total. The number of hydrogen-bond donors (Lipinski definition) is 2. The fourth-order valence-corrected chi connectivity index (χ4v) is 3.99. The van der Waals surface area contributed by atoms with Crippen LogP contribution in [0.5, 0.6) is 11.5 Å². The predicted molar refractivity (Wildman–Crippen MR) is 95.7 cm³/mol. The minimum Gasteiger partial charge on any atom is -0.497 e. The number of rotatable bonds is 7. The molecule has 134 valence electrons. The van der Waals surface area contributed by atoms with Crippen LogP contribution in [-0.4, -0.2) is 32.2 Å². The van der Waals surface area contributed by atoms with E-state index in [0.717, 1.165) is 30.8 Å². The fourth-order valence-electron chi connectivity index (χ4n) is 3.99. The van der Waals surface area contributed by atoms with Crippen LogP contribution in [0.2, 0.25) is 0 Å². The number of carbonyl (C=O) groups excluding carboxylic acids is 1. The first-order chi connectivity index (χ1) is 11.2. The second-order valence-electron chi connectivity index (χ2n) is 6.60. The minimum atomic E-state index is 0. The maximum Gasteiger partial charge on any atom is 0.224 e. The summed E-state index contributed by atoms with van der Waals surface area (Å²) in [6.07, 6.45) is 4.29. The third kappa shape index (κ3) is 4.14. The predicted octanol–water partition coefficient (Wildman–Crippen LogP) is 2.38. The summed E-state index contributed by atoms with van der Waals surface area (Å²) in [5.41, 5.74) is 6.20. The van der Waals surface area contributed by atoms with Crippen molar-refractivity contribution < 1.29 is 14.3 Å². The molecule has 0 spiro atoms. The van der Waals surface area contributed by atoms with Crippen molar-refractivity contribution in [3.8, 4) is 11.5 Å². The minimum absolute atomic E-state index is 0. The highest BCUT2D eigenvalue weighted by Crippen LogP contribution is 2.47. The molecule has 2 saturated carbocycles. The molecule has 0 aromatic heterocycles. The lowest BCUT2D eigenvalue weighted by atomic mass is 9.84. The maximum absolute atomic E-state index is 12.3. The molecule has 1 aromatic rings. The van der Waals surface area contributed by atoms with Gasteiger partial charge in [0.15, 0.2) is 0 Å². The van der Waals surface area contributed by atoms with E-state index in [1.54, 1.807) is 7.11 Å². The van der Waals surface area contributed by atoms with Crippen LogP contribution in [-0.2, 0) is 4.79 Å². The first-order valence-corrected chi connectivity index (χ1v) is 8.49. The van der Waals surface area contributed by atoms with E-state index < -0.39 is 0 Å². The zero-order valence-corrected chi connectivity index (χ0v) is 14.9. The van der Waals surface area contributed by atoms with Gasteiger partial charge < -0.3 is 20.5 Å². The summed E-state index contributed by atoms with van der Waals surface area (Å²) in [5.74, 6) is 2.85. The quantitative estimate of drug-likeness (QED) is 0.737. The number of amides is 1. The van der Waals surface area contributed by atoms with Crippen molar-refractivity contribution >= 4 is 18.3 Å². The van der Waals surface area contributed by atoms with Gasteiger partial charge in [0.05, 0.1) is 19.6 Å². The Balaban J connectivity index is 0.00000208. The van der Waals surface area contributed by atoms with Gasteiger partial charge in [-0.05, 0) is 61.8 Å². The molecule has 3 rings (SSSR count). The van der Waals surface area contributed by atoms with Crippen molar-refractivity contribution in [1.82, 2.24) is 5.32 Å². The van der Waals surface area contributed by atoms with Crippen LogP contribution in [0.25, 0.3) is 0 Å². The molecule has 3 N–H and O–H groups in total. The molecule has 4 unspecified atom stereocenters. The van der Waals surface area contributed by atoms with Crippen molar-refractivity contribution in [3.05, 3.63) is 24.3 Å². The third-order valence-electron chi connectivity index (χ3n) is 5.23. The van der Waals surface area contributed by atoms with Gasteiger partial charge in [0, 0.05) is 12.6 Å². The van der Waals surface area contributed by atoms with Crippen molar-refractivity contribution in [2.24, 2.45) is 23.5 Å². The molecule has 1 aromatic carbocycles. The third-order valence-corrected chi connectivity index (χ3v) is 5.23. The van der Waals surface area contributed by atoms with Gasteiger partial charge in [-0.25, -0.2) is 0 Å². The normalized spacial score (nSPS) is 27.4. The lowest BCUT2D eigenvalue weighted by Gasteiger charge is -2.27. The van der Waals surface area contributed by atoms with E-state index in [0.29, 0.717) is 25.0 Å². The molecule has 0 heterocycles. The number of methoxy groups -OCH3 is 1. The Kier molecular flexibility index (Phi) is 6.75. The van der Waals surface area contributed by atoms with Gasteiger partial charge in [-0.15, -0.1) is 12.4 Å². The Labute approximate surface area is 149 Å². The first kappa shape index (κ1) is 18.9. The summed E-state index contributed by atoms with van der Waals surface area (Å²) >= 11 is 0. The molecule has 4 atom stereocenters. The summed E-state index contributed by atoms with van der Waals surface area (Å²) < 4.78 is 10.8. The second kappa shape index (κ2) is 8.58.